The molecule has 0 saturated heterocycles. The minimum Gasteiger partial charge on any atom is -0.393 e. The summed E-state index contributed by atoms with van der Waals surface area (Å²) in [5, 5.41) is 14.1. The standard InChI is InChI=1S/C18H27N3O/c1-14(22)10-11-20(4)13-18-15(2)19-21(16(18)3)12-17-8-6-5-7-9-17/h5-9,14,22H,10-13H2,1-4H3. The predicted molar refractivity (Wildman–Crippen MR) is 89.9 cm³/mol. The molecule has 0 fully saturated rings. The van der Waals surface area contributed by atoms with Crippen molar-refractivity contribution in [1.29, 1.82) is 0 Å². The summed E-state index contributed by atoms with van der Waals surface area (Å²) < 4.78 is 2.09. The van der Waals surface area contributed by atoms with Gasteiger partial charge in [0.1, 0.15) is 0 Å². The maximum absolute atomic E-state index is 9.40. The number of nitrogens with zero attached hydrogens (tertiary/aromatic N) is 3. The van der Waals surface area contributed by atoms with Crippen LogP contribution in [0.25, 0.3) is 0 Å². The lowest BCUT2D eigenvalue weighted by atomic mass is 10.1. The highest BCUT2D eigenvalue weighted by Gasteiger charge is 2.13. The number of benzene rings is 1. The van der Waals surface area contributed by atoms with E-state index in [0.29, 0.717) is 0 Å². The van der Waals surface area contributed by atoms with Gasteiger partial charge in [-0.15, -0.1) is 0 Å². The molecular weight excluding hydrogens is 274 g/mol. The summed E-state index contributed by atoms with van der Waals surface area (Å²) in [5.41, 5.74) is 4.88. The van der Waals surface area contributed by atoms with Crippen molar-refractivity contribution >= 4 is 0 Å². The molecule has 2 aromatic rings. The highest BCUT2D eigenvalue weighted by atomic mass is 16.3. The van der Waals surface area contributed by atoms with Crippen molar-refractivity contribution in [3.8, 4) is 0 Å². The van der Waals surface area contributed by atoms with Crippen LogP contribution in [0.1, 0.15) is 35.9 Å². The van der Waals surface area contributed by atoms with Gasteiger partial charge in [0.25, 0.3) is 0 Å². The van der Waals surface area contributed by atoms with Crippen molar-refractivity contribution in [3.63, 3.8) is 0 Å². The highest BCUT2D eigenvalue weighted by molar-refractivity contribution is 5.26. The van der Waals surface area contributed by atoms with Gasteiger partial charge in [0, 0.05) is 24.3 Å². The molecule has 0 amide bonds. The van der Waals surface area contributed by atoms with E-state index in [-0.39, 0.29) is 6.10 Å². The number of aliphatic hydroxyl groups is 1. The van der Waals surface area contributed by atoms with E-state index in [1.165, 1.54) is 16.8 Å². The number of aryl methyl sites for hydroxylation is 1. The number of hydrogen-bond donors (Lipinski definition) is 1. The molecule has 1 heterocycles. The van der Waals surface area contributed by atoms with Crippen molar-refractivity contribution in [2.45, 2.75) is 46.4 Å². The first-order valence-electron chi connectivity index (χ1n) is 7.90. The van der Waals surface area contributed by atoms with Gasteiger partial charge in [-0.05, 0) is 39.8 Å². The minimum absolute atomic E-state index is 0.245. The van der Waals surface area contributed by atoms with E-state index >= 15 is 0 Å². The molecule has 1 atom stereocenters. The molecule has 0 aliphatic rings. The highest BCUT2D eigenvalue weighted by Crippen LogP contribution is 2.16. The molecule has 0 saturated carbocycles. The predicted octanol–water partition coefficient (Wildman–Crippen LogP) is 2.75. The van der Waals surface area contributed by atoms with Gasteiger partial charge in [-0.1, -0.05) is 30.3 Å². The van der Waals surface area contributed by atoms with Gasteiger partial charge in [-0.2, -0.15) is 5.10 Å². The zero-order chi connectivity index (χ0) is 16.1. The van der Waals surface area contributed by atoms with E-state index in [2.05, 4.69) is 54.7 Å². The van der Waals surface area contributed by atoms with Crippen LogP contribution in [-0.4, -0.2) is 39.5 Å². The van der Waals surface area contributed by atoms with Gasteiger partial charge in [0.15, 0.2) is 0 Å². The zero-order valence-corrected chi connectivity index (χ0v) is 14.1. The second-order valence-electron chi connectivity index (χ2n) is 6.17. The Balaban J connectivity index is 2.07. The Kier molecular flexibility index (Phi) is 5.75. The van der Waals surface area contributed by atoms with Crippen LogP contribution in [0.4, 0.5) is 0 Å². The molecule has 0 radical (unpaired) electrons. The topological polar surface area (TPSA) is 41.3 Å². The molecule has 0 aliphatic heterocycles. The lowest BCUT2D eigenvalue weighted by molar-refractivity contribution is 0.163. The van der Waals surface area contributed by atoms with Crippen molar-refractivity contribution in [3.05, 3.63) is 52.8 Å². The van der Waals surface area contributed by atoms with Crippen LogP contribution in [0.2, 0.25) is 0 Å². The fraction of sp³-hybridized carbons (Fsp3) is 0.500. The maximum atomic E-state index is 9.40. The molecule has 0 aliphatic carbocycles. The summed E-state index contributed by atoms with van der Waals surface area (Å²) in [6.07, 6.45) is 0.553. The second kappa shape index (κ2) is 7.56. The Morgan fingerprint density at radius 2 is 1.91 bits per heavy atom. The van der Waals surface area contributed by atoms with Crippen molar-refractivity contribution in [2.24, 2.45) is 0 Å². The molecule has 22 heavy (non-hydrogen) atoms. The molecule has 4 heteroatoms. The smallest absolute Gasteiger partial charge is 0.0662 e. The number of aromatic nitrogens is 2. The van der Waals surface area contributed by atoms with Crippen LogP contribution in [0.3, 0.4) is 0 Å². The van der Waals surface area contributed by atoms with Crippen molar-refractivity contribution < 1.29 is 5.11 Å². The summed E-state index contributed by atoms with van der Waals surface area (Å²) in [5.74, 6) is 0. The third kappa shape index (κ3) is 4.42. The molecule has 1 unspecified atom stereocenters. The number of hydrogen-bond acceptors (Lipinski definition) is 3. The van der Waals surface area contributed by atoms with E-state index in [1.54, 1.807) is 0 Å². The Hall–Kier alpha value is -1.65. The van der Waals surface area contributed by atoms with E-state index in [0.717, 1.165) is 31.7 Å². The Morgan fingerprint density at radius 1 is 1.23 bits per heavy atom. The molecule has 1 aromatic carbocycles. The first-order chi connectivity index (χ1) is 10.5. The van der Waals surface area contributed by atoms with Crippen LogP contribution >= 0.6 is 0 Å². The Bertz CT molecular complexity index is 590. The van der Waals surface area contributed by atoms with Gasteiger partial charge in [0.05, 0.1) is 18.3 Å². The molecular formula is C18H27N3O. The van der Waals surface area contributed by atoms with Gasteiger partial charge in [-0.25, -0.2) is 0 Å². The molecule has 1 N–H and O–H groups in total. The van der Waals surface area contributed by atoms with Crippen LogP contribution in [0.5, 0.6) is 0 Å². The van der Waals surface area contributed by atoms with E-state index < -0.39 is 0 Å². The second-order valence-corrected chi connectivity index (χ2v) is 6.17. The first kappa shape index (κ1) is 16.7. The molecule has 0 spiro atoms. The normalized spacial score (nSPS) is 12.8. The molecule has 2 rings (SSSR count). The quantitative estimate of drug-likeness (QED) is 0.855. The summed E-state index contributed by atoms with van der Waals surface area (Å²) in [6.45, 7) is 8.62. The average molecular weight is 301 g/mol. The first-order valence-corrected chi connectivity index (χ1v) is 7.90. The van der Waals surface area contributed by atoms with Crippen LogP contribution in [0, 0.1) is 13.8 Å². The van der Waals surface area contributed by atoms with Gasteiger partial charge >= 0.3 is 0 Å². The monoisotopic (exact) mass is 301 g/mol. The molecule has 1 aromatic heterocycles. The van der Waals surface area contributed by atoms with E-state index in [1.807, 2.05) is 13.0 Å². The minimum atomic E-state index is -0.245. The lowest BCUT2D eigenvalue weighted by Crippen LogP contribution is -2.22. The maximum Gasteiger partial charge on any atom is 0.0662 e. The van der Waals surface area contributed by atoms with Crippen LogP contribution in [-0.2, 0) is 13.1 Å². The summed E-state index contributed by atoms with van der Waals surface area (Å²) in [7, 11) is 2.09. The fourth-order valence-corrected chi connectivity index (χ4v) is 2.63. The molecule has 4 nitrogen and oxygen atoms in total. The number of rotatable bonds is 7. The Morgan fingerprint density at radius 3 is 2.55 bits per heavy atom. The van der Waals surface area contributed by atoms with Crippen LogP contribution in [0.15, 0.2) is 30.3 Å². The van der Waals surface area contributed by atoms with Crippen molar-refractivity contribution in [2.75, 3.05) is 13.6 Å². The van der Waals surface area contributed by atoms with Gasteiger partial charge in [0.2, 0.25) is 0 Å². The summed E-state index contributed by atoms with van der Waals surface area (Å²) in [6, 6.07) is 10.4. The average Bonchev–Trinajstić information content (AvgIpc) is 2.74. The third-order valence-electron chi connectivity index (χ3n) is 4.06. The van der Waals surface area contributed by atoms with E-state index in [4.69, 9.17) is 5.10 Å². The lowest BCUT2D eigenvalue weighted by Gasteiger charge is -2.17. The Labute approximate surface area is 133 Å². The summed E-state index contributed by atoms with van der Waals surface area (Å²) >= 11 is 0. The molecule has 120 valence electrons. The van der Waals surface area contributed by atoms with Gasteiger partial charge < -0.3 is 10.0 Å². The van der Waals surface area contributed by atoms with Crippen LogP contribution < -0.4 is 0 Å². The van der Waals surface area contributed by atoms with Gasteiger partial charge in [-0.3, -0.25) is 4.68 Å². The van der Waals surface area contributed by atoms with Crippen molar-refractivity contribution in [1.82, 2.24) is 14.7 Å². The molecule has 0 bridgehead atoms. The third-order valence-corrected chi connectivity index (χ3v) is 4.06. The van der Waals surface area contributed by atoms with E-state index in [9.17, 15) is 5.11 Å². The number of aliphatic hydroxyl groups excluding tert-OH is 1. The fourth-order valence-electron chi connectivity index (χ4n) is 2.63. The SMILES string of the molecule is Cc1nn(Cc2ccccc2)c(C)c1CN(C)CCC(C)O. The summed E-state index contributed by atoms with van der Waals surface area (Å²) in [4.78, 5) is 2.25. The largest absolute Gasteiger partial charge is 0.393 e. The zero-order valence-electron chi connectivity index (χ0n) is 14.1.